The highest BCUT2D eigenvalue weighted by molar-refractivity contribution is 5.93. The van der Waals surface area contributed by atoms with Crippen molar-refractivity contribution in [1.29, 1.82) is 0 Å². The highest BCUT2D eigenvalue weighted by Crippen LogP contribution is 2.32. The van der Waals surface area contributed by atoms with E-state index in [1.165, 1.54) is 25.6 Å². The number of nitrogens with zero attached hydrogens (tertiary/aromatic N) is 6. The third-order valence-corrected chi connectivity index (χ3v) is 5.47. The number of aryl methyl sites for hydroxylation is 1. The molecule has 1 N–H and O–H groups in total. The van der Waals surface area contributed by atoms with Gasteiger partial charge in [0.05, 0.1) is 24.3 Å². The van der Waals surface area contributed by atoms with Gasteiger partial charge in [-0.1, -0.05) is 0 Å². The van der Waals surface area contributed by atoms with Crippen LogP contribution in [-0.4, -0.2) is 48.9 Å². The van der Waals surface area contributed by atoms with Crippen LogP contribution >= 0.6 is 0 Å². The zero-order valence-corrected chi connectivity index (χ0v) is 19.3. The molecule has 188 valence electrons. The second kappa shape index (κ2) is 9.28. The van der Waals surface area contributed by atoms with Gasteiger partial charge in [0.2, 0.25) is 0 Å². The molecule has 3 aromatic heterocycles. The summed E-state index contributed by atoms with van der Waals surface area (Å²) >= 11 is 0. The van der Waals surface area contributed by atoms with E-state index in [1.54, 1.807) is 24.3 Å². The number of rotatable bonds is 7. The minimum Gasteiger partial charge on any atom is -0.497 e. The van der Waals surface area contributed by atoms with E-state index in [2.05, 4.69) is 20.5 Å². The lowest BCUT2D eigenvalue weighted by Crippen LogP contribution is -2.28. The molecule has 0 saturated heterocycles. The lowest BCUT2D eigenvalue weighted by molar-refractivity contribution is -0.386. The second-order valence-corrected chi connectivity index (χ2v) is 7.81. The Hall–Kier alpha value is -4.49. The van der Waals surface area contributed by atoms with E-state index in [-0.39, 0.29) is 41.5 Å². The number of nitrogens with one attached hydrogen (secondary N) is 1. The minimum absolute atomic E-state index is 0.0163. The number of methoxy groups -OCH3 is 1. The first-order valence-corrected chi connectivity index (χ1v) is 10.6. The van der Waals surface area contributed by atoms with Gasteiger partial charge in [-0.2, -0.15) is 23.4 Å². The van der Waals surface area contributed by atoms with Crippen molar-refractivity contribution >= 4 is 17.2 Å². The summed E-state index contributed by atoms with van der Waals surface area (Å²) in [6, 6.07) is 8.36. The summed E-state index contributed by atoms with van der Waals surface area (Å²) in [7, 11) is 1.47. The molecule has 0 radical (unpaired) electrons. The van der Waals surface area contributed by atoms with Crippen molar-refractivity contribution in [3.63, 3.8) is 0 Å². The monoisotopic (exact) mass is 503 g/mol. The van der Waals surface area contributed by atoms with Crippen LogP contribution in [0.5, 0.6) is 5.75 Å². The molecule has 0 saturated carbocycles. The van der Waals surface area contributed by atoms with Gasteiger partial charge in [0.25, 0.3) is 5.91 Å². The standard InChI is InChI=1S/C22H20F3N7O4/c1-12-20(32(34)35)13(2)30(28-12)9-8-26-21(33)17-11-19-27-16(14-4-6-15(36-3)7-5-14)10-18(22(23,24)25)31(19)29-17/h4-7,10-11H,8-9H2,1-3H3,(H,26,33). The molecule has 11 nitrogen and oxygen atoms in total. The Bertz CT molecular complexity index is 1460. The Morgan fingerprint density at radius 2 is 1.86 bits per heavy atom. The van der Waals surface area contributed by atoms with E-state index in [1.807, 2.05) is 0 Å². The zero-order chi connectivity index (χ0) is 26.2. The number of hydrogen-bond donors (Lipinski definition) is 1. The molecule has 3 heterocycles. The first-order chi connectivity index (χ1) is 17.0. The van der Waals surface area contributed by atoms with Crippen LogP contribution in [0.3, 0.4) is 0 Å². The van der Waals surface area contributed by atoms with E-state index in [9.17, 15) is 28.1 Å². The SMILES string of the molecule is COc1ccc(-c2cc(C(F)(F)F)n3nc(C(=O)NCCn4nc(C)c([N+](=O)[O-])c4C)cc3n2)cc1. The number of hydrogen-bond acceptors (Lipinski definition) is 7. The predicted molar refractivity (Wildman–Crippen MR) is 121 cm³/mol. The number of carbonyl (C=O) groups excluding carboxylic acids is 1. The maximum Gasteiger partial charge on any atom is 0.433 e. The number of aromatic nitrogens is 5. The lowest BCUT2D eigenvalue weighted by Gasteiger charge is -2.11. The molecule has 0 bridgehead atoms. The van der Waals surface area contributed by atoms with Crippen molar-refractivity contribution < 1.29 is 27.6 Å². The average Bonchev–Trinajstić information content (AvgIpc) is 3.38. The average molecular weight is 503 g/mol. The molecular formula is C22H20F3N7O4. The zero-order valence-electron chi connectivity index (χ0n) is 19.3. The number of nitro groups is 1. The Balaban J connectivity index is 1.59. The summed E-state index contributed by atoms with van der Waals surface area (Å²) in [5.41, 5.74) is -0.584. The molecule has 0 unspecified atom stereocenters. The third kappa shape index (κ3) is 4.69. The Morgan fingerprint density at radius 3 is 2.44 bits per heavy atom. The summed E-state index contributed by atoms with van der Waals surface area (Å²) in [4.78, 5) is 27.5. The van der Waals surface area contributed by atoms with Gasteiger partial charge in [0, 0.05) is 18.2 Å². The van der Waals surface area contributed by atoms with Crippen LogP contribution in [0.25, 0.3) is 16.9 Å². The van der Waals surface area contributed by atoms with Gasteiger partial charge in [-0.15, -0.1) is 0 Å². The number of benzene rings is 1. The van der Waals surface area contributed by atoms with Gasteiger partial charge < -0.3 is 10.1 Å². The fraction of sp³-hybridized carbons (Fsp3) is 0.273. The summed E-state index contributed by atoms with van der Waals surface area (Å²) in [6.45, 7) is 3.17. The highest BCUT2D eigenvalue weighted by Gasteiger charge is 2.35. The smallest absolute Gasteiger partial charge is 0.433 e. The summed E-state index contributed by atoms with van der Waals surface area (Å²) in [5, 5.41) is 21.6. The van der Waals surface area contributed by atoms with Crippen LogP contribution in [0.4, 0.5) is 18.9 Å². The molecule has 36 heavy (non-hydrogen) atoms. The summed E-state index contributed by atoms with van der Waals surface area (Å²) in [6.07, 6.45) is -4.76. The number of ether oxygens (including phenoxy) is 1. The van der Waals surface area contributed by atoms with E-state index in [0.29, 0.717) is 21.5 Å². The van der Waals surface area contributed by atoms with Crippen molar-refractivity contribution in [2.24, 2.45) is 0 Å². The molecule has 0 atom stereocenters. The molecule has 1 amide bonds. The maximum atomic E-state index is 13.8. The predicted octanol–water partition coefficient (Wildman–Crippen LogP) is 3.58. The molecule has 0 aliphatic rings. The van der Waals surface area contributed by atoms with Gasteiger partial charge >= 0.3 is 11.9 Å². The largest absolute Gasteiger partial charge is 0.497 e. The van der Waals surface area contributed by atoms with Crippen molar-refractivity contribution in [2.45, 2.75) is 26.6 Å². The number of alkyl halides is 3. The van der Waals surface area contributed by atoms with Crippen LogP contribution in [-0.2, 0) is 12.7 Å². The van der Waals surface area contributed by atoms with Crippen LogP contribution in [0.1, 0.15) is 27.6 Å². The number of carbonyl (C=O) groups is 1. The van der Waals surface area contributed by atoms with Crippen LogP contribution in [0.2, 0.25) is 0 Å². The van der Waals surface area contributed by atoms with Gasteiger partial charge in [0.1, 0.15) is 17.1 Å². The first-order valence-electron chi connectivity index (χ1n) is 10.6. The Morgan fingerprint density at radius 1 is 1.17 bits per heavy atom. The van der Waals surface area contributed by atoms with Crippen LogP contribution < -0.4 is 10.1 Å². The number of amides is 1. The minimum atomic E-state index is -4.76. The summed E-state index contributed by atoms with van der Waals surface area (Å²) in [5.74, 6) is -0.190. The van der Waals surface area contributed by atoms with Crippen molar-refractivity contribution in [3.05, 3.63) is 69.3 Å². The Labute approximate surface area is 201 Å². The number of halogens is 3. The Kier molecular flexibility index (Phi) is 6.35. The maximum absolute atomic E-state index is 13.8. The molecule has 1 aromatic carbocycles. The molecule has 4 aromatic rings. The fourth-order valence-corrected chi connectivity index (χ4v) is 3.73. The van der Waals surface area contributed by atoms with Gasteiger partial charge in [-0.05, 0) is 44.2 Å². The molecule has 0 aliphatic heterocycles. The topological polar surface area (TPSA) is 129 Å². The summed E-state index contributed by atoms with van der Waals surface area (Å²) < 4.78 is 48.4. The van der Waals surface area contributed by atoms with Crippen LogP contribution in [0.15, 0.2) is 36.4 Å². The molecule has 0 fully saturated rings. The van der Waals surface area contributed by atoms with Gasteiger partial charge in [-0.25, -0.2) is 9.50 Å². The van der Waals surface area contributed by atoms with Crippen molar-refractivity contribution in [3.8, 4) is 17.0 Å². The first kappa shape index (κ1) is 24.6. The highest BCUT2D eigenvalue weighted by atomic mass is 19.4. The van der Waals surface area contributed by atoms with E-state index >= 15 is 0 Å². The quantitative estimate of drug-likeness (QED) is 0.301. The fourth-order valence-electron chi connectivity index (χ4n) is 3.73. The van der Waals surface area contributed by atoms with Crippen molar-refractivity contribution in [1.82, 2.24) is 29.7 Å². The number of fused-ring (bicyclic) bond motifs is 1. The molecule has 0 spiro atoms. The van der Waals surface area contributed by atoms with Crippen LogP contribution in [0, 0.1) is 24.0 Å². The second-order valence-electron chi connectivity index (χ2n) is 7.81. The van der Waals surface area contributed by atoms with Crippen molar-refractivity contribution in [2.75, 3.05) is 13.7 Å². The molecule has 14 heteroatoms. The van der Waals surface area contributed by atoms with Gasteiger partial charge in [0.15, 0.2) is 17.0 Å². The molecular weight excluding hydrogens is 483 g/mol. The van der Waals surface area contributed by atoms with E-state index < -0.39 is 22.7 Å². The van der Waals surface area contributed by atoms with Gasteiger partial charge in [-0.3, -0.25) is 19.6 Å². The van der Waals surface area contributed by atoms with E-state index in [4.69, 9.17) is 4.74 Å². The normalized spacial score (nSPS) is 11.6. The van der Waals surface area contributed by atoms with E-state index in [0.717, 1.165) is 12.1 Å². The molecule has 4 rings (SSSR count). The third-order valence-electron chi connectivity index (χ3n) is 5.47. The molecule has 0 aliphatic carbocycles. The lowest BCUT2D eigenvalue weighted by atomic mass is 10.1.